The molecule has 0 spiro atoms. The largest absolute Gasteiger partial charge is 0.310 e. The summed E-state index contributed by atoms with van der Waals surface area (Å²) in [4.78, 5) is 12.7. The molecule has 1 aliphatic rings. The van der Waals surface area contributed by atoms with Gasteiger partial charge in [0.25, 0.3) is 0 Å². The number of hydrogen-bond acceptors (Lipinski definition) is 4. The summed E-state index contributed by atoms with van der Waals surface area (Å²) in [6.07, 6.45) is 0. The fraction of sp³-hybridized carbons (Fsp3) is 0. The average Bonchev–Trinajstić information content (AvgIpc) is 3.56. The summed E-state index contributed by atoms with van der Waals surface area (Å²) in [5, 5.41) is 2.60. The van der Waals surface area contributed by atoms with Crippen molar-refractivity contribution in [3.63, 3.8) is 0 Å². The molecule has 0 saturated heterocycles. The molecule has 3 heterocycles. The Morgan fingerprint density at radius 1 is 0.340 bits per heavy atom. The van der Waals surface area contributed by atoms with Crippen molar-refractivity contribution in [1.82, 2.24) is 9.97 Å². The fourth-order valence-corrected chi connectivity index (χ4v) is 8.27. The summed E-state index contributed by atoms with van der Waals surface area (Å²) in [5.74, 6) is 0.706. The molecule has 4 heteroatoms. The highest BCUT2D eigenvalue weighted by molar-refractivity contribution is 7.25. The summed E-state index contributed by atoms with van der Waals surface area (Å²) in [7, 11) is 0. The lowest BCUT2D eigenvalue weighted by Gasteiger charge is -2.27. The van der Waals surface area contributed by atoms with Gasteiger partial charge >= 0.3 is 0 Å². The van der Waals surface area contributed by atoms with Crippen molar-refractivity contribution in [1.29, 1.82) is 0 Å². The van der Waals surface area contributed by atoms with Gasteiger partial charge in [-0.15, -0.1) is 11.3 Å². The van der Waals surface area contributed by atoms with Gasteiger partial charge in [-0.25, -0.2) is 9.97 Å². The van der Waals surface area contributed by atoms with Gasteiger partial charge in [-0.05, 0) is 82.9 Å². The second kappa shape index (κ2) is 11.7. The molecule has 9 aromatic rings. The zero-order chi connectivity index (χ0) is 33.0. The lowest BCUT2D eigenvalue weighted by atomic mass is 9.98. The van der Waals surface area contributed by atoms with Gasteiger partial charge in [-0.2, -0.15) is 0 Å². The molecule has 2 aromatic heterocycles. The molecule has 0 radical (unpaired) electrons. The lowest BCUT2D eigenvalue weighted by molar-refractivity contribution is 1.18. The number of rotatable bonds is 2. The van der Waals surface area contributed by atoms with Gasteiger partial charge in [0.15, 0.2) is 5.82 Å². The molecule has 0 amide bonds. The maximum atomic E-state index is 5.17. The third kappa shape index (κ3) is 4.97. The van der Waals surface area contributed by atoms with Crippen LogP contribution in [0.15, 0.2) is 176 Å². The highest BCUT2D eigenvalue weighted by Crippen LogP contribution is 2.43. The van der Waals surface area contributed by atoms with Crippen LogP contribution in [0.2, 0.25) is 0 Å². The van der Waals surface area contributed by atoms with E-state index in [-0.39, 0.29) is 0 Å². The number of fused-ring (bicyclic) bond motifs is 17. The van der Waals surface area contributed by atoms with Crippen molar-refractivity contribution in [2.75, 3.05) is 4.90 Å². The van der Waals surface area contributed by atoms with Crippen molar-refractivity contribution in [3.8, 4) is 56.2 Å². The smallest absolute Gasteiger partial charge is 0.160 e. The Balaban J connectivity index is 1.22. The maximum Gasteiger partial charge on any atom is 0.160 e. The second-order valence-corrected chi connectivity index (χ2v) is 13.8. The minimum Gasteiger partial charge on any atom is -0.310 e. The van der Waals surface area contributed by atoms with E-state index in [0.717, 1.165) is 67.4 Å². The van der Waals surface area contributed by atoms with Crippen LogP contribution in [0.5, 0.6) is 0 Å². The second-order valence-electron chi connectivity index (χ2n) is 12.7. The van der Waals surface area contributed by atoms with Gasteiger partial charge in [0.1, 0.15) is 0 Å². The van der Waals surface area contributed by atoms with E-state index in [9.17, 15) is 0 Å². The zero-order valence-corrected chi connectivity index (χ0v) is 27.8. The normalized spacial score (nSPS) is 12.0. The van der Waals surface area contributed by atoms with E-state index in [2.05, 4.69) is 175 Å². The molecular weight excluding hydrogens is 627 g/mol. The number of thiophene rings is 1. The molecule has 0 saturated carbocycles. The van der Waals surface area contributed by atoms with Gasteiger partial charge in [0, 0.05) is 53.9 Å². The predicted molar refractivity (Wildman–Crippen MR) is 210 cm³/mol. The molecule has 0 fully saturated rings. The fourth-order valence-electron chi connectivity index (χ4n) is 7.13. The van der Waals surface area contributed by atoms with Gasteiger partial charge < -0.3 is 4.90 Å². The summed E-state index contributed by atoms with van der Waals surface area (Å²) in [6, 6.07) is 63.0. The highest BCUT2D eigenvalue weighted by Gasteiger charge is 2.18. The summed E-state index contributed by atoms with van der Waals surface area (Å²) in [5.41, 5.74) is 12.7. The first-order valence-corrected chi connectivity index (χ1v) is 17.6. The summed E-state index contributed by atoms with van der Waals surface area (Å²) < 4.78 is 2.58. The molecular formula is C46H29N3S. The van der Waals surface area contributed by atoms with E-state index in [1.165, 1.54) is 20.2 Å². The summed E-state index contributed by atoms with van der Waals surface area (Å²) >= 11 is 1.85. The van der Waals surface area contributed by atoms with E-state index in [0.29, 0.717) is 5.82 Å². The van der Waals surface area contributed by atoms with Crippen LogP contribution < -0.4 is 4.90 Å². The van der Waals surface area contributed by atoms with Crippen LogP contribution >= 0.6 is 11.3 Å². The zero-order valence-electron chi connectivity index (χ0n) is 27.0. The van der Waals surface area contributed by atoms with Crippen molar-refractivity contribution in [2.24, 2.45) is 0 Å². The van der Waals surface area contributed by atoms with Crippen molar-refractivity contribution in [2.45, 2.75) is 0 Å². The molecule has 0 aliphatic carbocycles. The first kappa shape index (κ1) is 28.6. The Bertz CT molecular complexity index is 2620. The van der Waals surface area contributed by atoms with Crippen molar-refractivity contribution >= 4 is 48.6 Å². The van der Waals surface area contributed by atoms with Gasteiger partial charge in [0.05, 0.1) is 11.4 Å². The van der Waals surface area contributed by atoms with Crippen LogP contribution in [-0.2, 0) is 0 Å². The molecule has 3 nitrogen and oxygen atoms in total. The summed E-state index contributed by atoms with van der Waals surface area (Å²) in [6.45, 7) is 0. The minimum atomic E-state index is 0.706. The van der Waals surface area contributed by atoms with Gasteiger partial charge in [0.2, 0.25) is 0 Å². The predicted octanol–water partition coefficient (Wildman–Crippen LogP) is 13.0. The standard InChI is InChI=1S/C46H29N3S/c1-2-10-30(11-3-1)42-29-43-35-16-6-12-31(24-35)33-14-8-18-37(26-33)49(39-22-23-41-40-20-4-5-21-44(40)50-45(41)28-39)38-19-9-15-34(27-38)32-13-7-17-36(25-32)46(47-42)48-43/h1-29H. The topological polar surface area (TPSA) is 29.0 Å². The van der Waals surface area contributed by atoms with E-state index in [4.69, 9.17) is 9.97 Å². The van der Waals surface area contributed by atoms with Crippen LogP contribution in [0.1, 0.15) is 0 Å². The monoisotopic (exact) mass is 655 g/mol. The maximum absolute atomic E-state index is 5.17. The first-order chi connectivity index (χ1) is 24.7. The molecule has 1 aliphatic heterocycles. The SMILES string of the molecule is c1ccc(-c2cc3nc(n2)-c2cccc(c2)-c2cccc(c2)N(c2ccc4c(c2)sc2ccccc24)c2cccc(c2)-c2cccc-3c2)cc1. The Hall–Kier alpha value is -6.36. The van der Waals surface area contributed by atoms with Crippen molar-refractivity contribution < 1.29 is 0 Å². The highest BCUT2D eigenvalue weighted by atomic mass is 32.1. The van der Waals surface area contributed by atoms with Crippen LogP contribution in [0.3, 0.4) is 0 Å². The van der Waals surface area contributed by atoms with Crippen LogP contribution in [0.4, 0.5) is 17.1 Å². The Kier molecular flexibility index (Phi) is 6.68. The van der Waals surface area contributed by atoms with Crippen LogP contribution in [0, 0.1) is 0 Å². The van der Waals surface area contributed by atoms with Crippen LogP contribution in [0.25, 0.3) is 76.3 Å². The molecule has 7 aromatic carbocycles. The van der Waals surface area contributed by atoms with Crippen LogP contribution in [-0.4, -0.2) is 9.97 Å². The van der Waals surface area contributed by atoms with E-state index >= 15 is 0 Å². The molecule has 10 rings (SSSR count). The molecule has 0 N–H and O–H groups in total. The van der Waals surface area contributed by atoms with Crippen molar-refractivity contribution in [3.05, 3.63) is 176 Å². The van der Waals surface area contributed by atoms with E-state index in [1.54, 1.807) is 0 Å². The first-order valence-electron chi connectivity index (χ1n) is 16.8. The Morgan fingerprint density at radius 2 is 0.860 bits per heavy atom. The average molecular weight is 656 g/mol. The Morgan fingerprint density at radius 3 is 1.60 bits per heavy atom. The number of hydrogen-bond donors (Lipinski definition) is 0. The molecule has 0 atom stereocenters. The number of nitrogens with zero attached hydrogens (tertiary/aromatic N) is 3. The molecule has 10 bridgehead atoms. The minimum absolute atomic E-state index is 0.706. The third-order valence-corrected chi connectivity index (χ3v) is 10.7. The van der Waals surface area contributed by atoms with E-state index in [1.807, 2.05) is 17.4 Å². The van der Waals surface area contributed by atoms with E-state index < -0.39 is 0 Å². The quantitative estimate of drug-likeness (QED) is 0.186. The lowest BCUT2D eigenvalue weighted by Crippen LogP contribution is -2.10. The molecule has 50 heavy (non-hydrogen) atoms. The number of benzene rings is 7. The number of anilines is 3. The molecule has 0 unspecified atom stereocenters. The number of aromatic nitrogens is 2. The third-order valence-electron chi connectivity index (χ3n) is 9.57. The van der Waals surface area contributed by atoms with Gasteiger partial charge in [-0.3, -0.25) is 0 Å². The molecule has 234 valence electrons. The Labute approximate surface area is 294 Å². The van der Waals surface area contributed by atoms with Gasteiger partial charge in [-0.1, -0.05) is 115 Å².